The summed E-state index contributed by atoms with van der Waals surface area (Å²) in [5, 5.41) is 9.92. The van der Waals surface area contributed by atoms with Crippen molar-refractivity contribution < 1.29 is 9.59 Å². The molecular formula is C21H21BrN4O2. The Balaban J connectivity index is 1.59. The van der Waals surface area contributed by atoms with Gasteiger partial charge in [-0.3, -0.25) is 14.3 Å². The van der Waals surface area contributed by atoms with Crippen LogP contribution >= 0.6 is 15.9 Å². The fourth-order valence-corrected chi connectivity index (χ4v) is 3.19. The fraction of sp³-hybridized carbons (Fsp3) is 0.190. The largest absolute Gasteiger partial charge is 0.353 e. The van der Waals surface area contributed by atoms with E-state index in [0.717, 1.165) is 21.3 Å². The highest BCUT2D eigenvalue weighted by molar-refractivity contribution is 9.10. The van der Waals surface area contributed by atoms with Gasteiger partial charge >= 0.3 is 0 Å². The summed E-state index contributed by atoms with van der Waals surface area (Å²) < 4.78 is 2.50. The number of rotatable bonds is 7. The molecule has 28 heavy (non-hydrogen) atoms. The lowest BCUT2D eigenvalue weighted by atomic mass is 10.1. The first kappa shape index (κ1) is 19.8. The number of amides is 2. The molecule has 2 amide bonds. The molecule has 1 atom stereocenters. The molecule has 1 aromatic heterocycles. The number of halogens is 1. The second kappa shape index (κ2) is 9.32. The smallest absolute Gasteiger partial charge is 0.249 e. The first-order chi connectivity index (χ1) is 13.5. The number of aryl methyl sites for hydroxylation is 1. The lowest BCUT2D eigenvalue weighted by molar-refractivity contribution is -0.123. The van der Waals surface area contributed by atoms with E-state index < -0.39 is 6.04 Å². The van der Waals surface area contributed by atoms with E-state index >= 15 is 0 Å². The third-order valence-electron chi connectivity index (χ3n) is 4.28. The number of nitrogens with zero attached hydrogens (tertiary/aromatic N) is 2. The number of nitrogens with one attached hydrogen (secondary N) is 2. The quantitative estimate of drug-likeness (QED) is 0.587. The van der Waals surface area contributed by atoms with Crippen LogP contribution in [0.25, 0.3) is 0 Å². The van der Waals surface area contributed by atoms with E-state index in [-0.39, 0.29) is 24.8 Å². The summed E-state index contributed by atoms with van der Waals surface area (Å²) in [4.78, 5) is 25.0. The van der Waals surface area contributed by atoms with Crippen molar-refractivity contribution in [2.75, 3.05) is 11.9 Å². The second-order valence-electron chi connectivity index (χ2n) is 6.35. The van der Waals surface area contributed by atoms with Gasteiger partial charge in [-0.2, -0.15) is 5.10 Å². The van der Waals surface area contributed by atoms with Crippen molar-refractivity contribution in [2.45, 2.75) is 19.4 Å². The van der Waals surface area contributed by atoms with Crippen LogP contribution in [0, 0.1) is 6.92 Å². The van der Waals surface area contributed by atoms with E-state index in [9.17, 15) is 9.59 Å². The van der Waals surface area contributed by atoms with Crippen molar-refractivity contribution in [3.05, 3.63) is 82.6 Å². The van der Waals surface area contributed by atoms with Gasteiger partial charge in [-0.1, -0.05) is 52.3 Å². The Morgan fingerprint density at radius 3 is 2.64 bits per heavy atom. The standard InChI is InChI=1S/C21H21BrN4O2/c1-15-8-9-17(22)14-18(15)25-19(27)10-12-23-21(28)20(26-13-5-11-24-26)16-6-3-2-4-7-16/h2-9,11,13-14,20H,10,12H2,1H3,(H,23,28)(H,25,27). The highest BCUT2D eigenvalue weighted by Gasteiger charge is 2.22. The van der Waals surface area contributed by atoms with Crippen molar-refractivity contribution in [1.82, 2.24) is 15.1 Å². The molecule has 0 aliphatic rings. The molecule has 7 heteroatoms. The summed E-state index contributed by atoms with van der Waals surface area (Å²) in [6, 6.07) is 16.3. The zero-order valence-electron chi connectivity index (χ0n) is 15.4. The zero-order valence-corrected chi connectivity index (χ0v) is 17.0. The third-order valence-corrected chi connectivity index (χ3v) is 4.77. The number of hydrogen-bond acceptors (Lipinski definition) is 3. The molecule has 0 saturated carbocycles. The van der Waals surface area contributed by atoms with Gasteiger partial charge in [-0.25, -0.2) is 0 Å². The van der Waals surface area contributed by atoms with Gasteiger partial charge in [0.25, 0.3) is 0 Å². The molecule has 3 aromatic rings. The van der Waals surface area contributed by atoms with E-state index in [4.69, 9.17) is 0 Å². The normalized spacial score (nSPS) is 11.6. The van der Waals surface area contributed by atoms with Crippen LogP contribution in [0.3, 0.4) is 0 Å². The number of carbonyl (C=O) groups is 2. The maximum Gasteiger partial charge on any atom is 0.249 e. The molecule has 144 valence electrons. The number of carbonyl (C=O) groups excluding carboxylic acids is 2. The topological polar surface area (TPSA) is 76.0 Å². The van der Waals surface area contributed by atoms with Crippen LogP contribution < -0.4 is 10.6 Å². The van der Waals surface area contributed by atoms with Gasteiger partial charge in [0.05, 0.1) is 0 Å². The number of aromatic nitrogens is 2. The molecule has 1 heterocycles. The summed E-state index contributed by atoms with van der Waals surface area (Å²) in [5.41, 5.74) is 2.56. The predicted molar refractivity (Wildman–Crippen MR) is 112 cm³/mol. The Labute approximate surface area is 172 Å². The molecule has 0 bridgehead atoms. The first-order valence-corrected chi connectivity index (χ1v) is 9.71. The van der Waals surface area contributed by atoms with Gasteiger partial charge in [0, 0.05) is 35.5 Å². The molecule has 2 aromatic carbocycles. The average molecular weight is 441 g/mol. The summed E-state index contributed by atoms with van der Waals surface area (Å²) in [5.74, 6) is -0.363. The second-order valence-corrected chi connectivity index (χ2v) is 7.26. The van der Waals surface area contributed by atoms with Gasteiger partial charge in [-0.15, -0.1) is 0 Å². The van der Waals surface area contributed by atoms with Crippen LogP contribution in [0.4, 0.5) is 5.69 Å². The van der Waals surface area contributed by atoms with Crippen molar-refractivity contribution in [3.8, 4) is 0 Å². The number of hydrogen-bond donors (Lipinski definition) is 2. The zero-order chi connectivity index (χ0) is 19.9. The highest BCUT2D eigenvalue weighted by Crippen LogP contribution is 2.21. The van der Waals surface area contributed by atoms with Gasteiger partial charge in [0.15, 0.2) is 6.04 Å². The Morgan fingerprint density at radius 2 is 1.93 bits per heavy atom. The molecule has 6 nitrogen and oxygen atoms in total. The molecule has 0 aliphatic heterocycles. The van der Waals surface area contributed by atoms with Gasteiger partial charge < -0.3 is 10.6 Å². The Bertz CT molecular complexity index is 942. The molecule has 0 fully saturated rings. The SMILES string of the molecule is Cc1ccc(Br)cc1NC(=O)CCNC(=O)C(c1ccccc1)n1cccn1. The van der Waals surface area contributed by atoms with Gasteiger partial charge in [-0.05, 0) is 36.2 Å². The minimum absolute atomic E-state index is 0.156. The fourth-order valence-electron chi connectivity index (χ4n) is 2.83. The molecule has 2 N–H and O–H groups in total. The van der Waals surface area contributed by atoms with Gasteiger partial charge in [0.1, 0.15) is 0 Å². The van der Waals surface area contributed by atoms with Crippen LogP contribution in [0.2, 0.25) is 0 Å². The summed E-state index contributed by atoms with van der Waals surface area (Å²) in [6.07, 6.45) is 3.56. The molecule has 0 radical (unpaired) electrons. The van der Waals surface area contributed by atoms with Crippen molar-refractivity contribution in [3.63, 3.8) is 0 Å². The van der Waals surface area contributed by atoms with E-state index in [1.54, 1.807) is 23.1 Å². The van der Waals surface area contributed by atoms with Crippen LogP contribution in [0.1, 0.15) is 23.6 Å². The number of anilines is 1. The molecule has 0 spiro atoms. The van der Waals surface area contributed by atoms with E-state index in [1.807, 2.05) is 55.5 Å². The van der Waals surface area contributed by atoms with Gasteiger partial charge in [0.2, 0.25) is 11.8 Å². The van der Waals surface area contributed by atoms with Crippen LogP contribution in [0.5, 0.6) is 0 Å². The summed E-state index contributed by atoms with van der Waals surface area (Å²) in [7, 11) is 0. The Kier molecular flexibility index (Phi) is 6.60. The number of benzene rings is 2. The maximum absolute atomic E-state index is 12.8. The summed E-state index contributed by atoms with van der Waals surface area (Å²) in [6.45, 7) is 2.17. The van der Waals surface area contributed by atoms with E-state index in [1.165, 1.54) is 0 Å². The van der Waals surface area contributed by atoms with E-state index in [2.05, 4.69) is 31.7 Å². The molecule has 0 aliphatic carbocycles. The molecule has 3 rings (SSSR count). The van der Waals surface area contributed by atoms with Crippen LogP contribution in [-0.2, 0) is 9.59 Å². The molecular weight excluding hydrogens is 420 g/mol. The molecule has 1 unspecified atom stereocenters. The van der Waals surface area contributed by atoms with Crippen molar-refractivity contribution >= 4 is 33.4 Å². The monoisotopic (exact) mass is 440 g/mol. The minimum atomic E-state index is -0.577. The predicted octanol–water partition coefficient (Wildman–Crippen LogP) is 3.69. The van der Waals surface area contributed by atoms with Crippen molar-refractivity contribution in [1.29, 1.82) is 0 Å². The first-order valence-electron chi connectivity index (χ1n) is 8.92. The minimum Gasteiger partial charge on any atom is -0.353 e. The van der Waals surface area contributed by atoms with Crippen molar-refractivity contribution in [2.24, 2.45) is 0 Å². The van der Waals surface area contributed by atoms with E-state index in [0.29, 0.717) is 0 Å². The van der Waals surface area contributed by atoms with Crippen LogP contribution in [-0.4, -0.2) is 28.1 Å². The Hall–Kier alpha value is -2.93. The Morgan fingerprint density at radius 1 is 1.14 bits per heavy atom. The maximum atomic E-state index is 12.8. The average Bonchev–Trinajstić information content (AvgIpc) is 3.20. The third kappa shape index (κ3) is 5.07. The lowest BCUT2D eigenvalue weighted by Crippen LogP contribution is -2.35. The molecule has 0 saturated heterocycles. The summed E-state index contributed by atoms with van der Waals surface area (Å²) >= 11 is 3.40. The van der Waals surface area contributed by atoms with Crippen LogP contribution in [0.15, 0.2) is 71.5 Å². The highest BCUT2D eigenvalue weighted by atomic mass is 79.9. The lowest BCUT2D eigenvalue weighted by Gasteiger charge is -2.18.